The second-order valence-electron chi connectivity index (χ2n) is 5.24. The minimum absolute atomic E-state index is 0.125. The Morgan fingerprint density at radius 3 is 2.52 bits per heavy atom. The largest absolute Gasteiger partial charge is 0.361 e. The summed E-state index contributed by atoms with van der Waals surface area (Å²) >= 11 is 0. The first-order valence-corrected chi connectivity index (χ1v) is 8.56. The van der Waals surface area contributed by atoms with Crippen LogP contribution in [0.1, 0.15) is 11.1 Å². The molecular formula is C17H17NO2S. The molecule has 108 valence electrons. The maximum absolute atomic E-state index is 12.4. The van der Waals surface area contributed by atoms with Crippen molar-refractivity contribution in [3.63, 3.8) is 0 Å². The minimum Gasteiger partial charge on any atom is -0.361 e. The van der Waals surface area contributed by atoms with Gasteiger partial charge in [0, 0.05) is 17.1 Å². The first-order chi connectivity index (χ1) is 10.1. The highest BCUT2D eigenvalue weighted by molar-refractivity contribution is 7.91. The number of hydrogen-bond donors (Lipinski definition) is 1. The molecule has 0 fully saturated rings. The van der Waals surface area contributed by atoms with Crippen molar-refractivity contribution < 1.29 is 8.42 Å². The normalized spacial score (nSPS) is 11.9. The number of H-pyrrole nitrogens is 1. The van der Waals surface area contributed by atoms with Gasteiger partial charge in [-0.2, -0.15) is 0 Å². The Kier molecular flexibility index (Phi) is 3.55. The van der Waals surface area contributed by atoms with Gasteiger partial charge >= 0.3 is 0 Å². The summed E-state index contributed by atoms with van der Waals surface area (Å²) in [5.74, 6) is 0.125. The van der Waals surface area contributed by atoms with Crippen LogP contribution in [0.25, 0.3) is 10.9 Å². The summed E-state index contributed by atoms with van der Waals surface area (Å²) in [6.07, 6.45) is 2.40. The first kappa shape index (κ1) is 13.9. The third-order valence-electron chi connectivity index (χ3n) is 3.71. The SMILES string of the molecule is Cc1ccc(S(=O)(=O)CCc2cccc3[nH]ccc23)cc1. The number of fused-ring (bicyclic) bond motifs is 1. The van der Waals surface area contributed by atoms with E-state index in [0.29, 0.717) is 11.3 Å². The molecule has 1 aromatic heterocycles. The highest BCUT2D eigenvalue weighted by Crippen LogP contribution is 2.20. The Labute approximate surface area is 124 Å². The Morgan fingerprint density at radius 2 is 1.76 bits per heavy atom. The van der Waals surface area contributed by atoms with Gasteiger partial charge in [-0.25, -0.2) is 8.42 Å². The number of rotatable bonds is 4. The van der Waals surface area contributed by atoms with Gasteiger partial charge in [0.1, 0.15) is 0 Å². The molecule has 0 amide bonds. The van der Waals surface area contributed by atoms with Crippen LogP contribution in [0.3, 0.4) is 0 Å². The Balaban J connectivity index is 1.83. The van der Waals surface area contributed by atoms with Gasteiger partial charge < -0.3 is 4.98 Å². The van der Waals surface area contributed by atoms with Gasteiger partial charge in [0.15, 0.2) is 9.84 Å². The van der Waals surface area contributed by atoms with Gasteiger partial charge in [0.2, 0.25) is 0 Å². The molecule has 0 atom stereocenters. The van der Waals surface area contributed by atoms with Crippen LogP contribution in [0.4, 0.5) is 0 Å². The first-order valence-electron chi connectivity index (χ1n) is 6.91. The predicted molar refractivity (Wildman–Crippen MR) is 85.2 cm³/mol. The third kappa shape index (κ3) is 2.85. The van der Waals surface area contributed by atoms with Crippen LogP contribution in [-0.2, 0) is 16.3 Å². The van der Waals surface area contributed by atoms with E-state index < -0.39 is 9.84 Å². The highest BCUT2D eigenvalue weighted by Gasteiger charge is 2.15. The fraction of sp³-hybridized carbons (Fsp3) is 0.176. The van der Waals surface area contributed by atoms with Gasteiger partial charge in [-0.1, -0.05) is 29.8 Å². The van der Waals surface area contributed by atoms with Crippen molar-refractivity contribution in [2.45, 2.75) is 18.2 Å². The lowest BCUT2D eigenvalue weighted by atomic mass is 10.1. The topological polar surface area (TPSA) is 49.9 Å². The monoisotopic (exact) mass is 299 g/mol. The number of benzene rings is 2. The van der Waals surface area contributed by atoms with Crippen molar-refractivity contribution in [2.75, 3.05) is 5.75 Å². The molecule has 0 spiro atoms. The van der Waals surface area contributed by atoms with Crippen LogP contribution in [0, 0.1) is 6.92 Å². The van der Waals surface area contributed by atoms with Gasteiger partial charge in [-0.05, 0) is 43.2 Å². The number of sulfone groups is 1. The van der Waals surface area contributed by atoms with Crippen molar-refractivity contribution in [3.8, 4) is 0 Å². The molecule has 0 radical (unpaired) electrons. The molecule has 0 aliphatic rings. The minimum atomic E-state index is -3.24. The zero-order valence-electron chi connectivity index (χ0n) is 11.8. The maximum Gasteiger partial charge on any atom is 0.178 e. The standard InChI is InChI=1S/C17H17NO2S/c1-13-5-7-15(8-6-13)21(19,20)12-10-14-3-2-4-17-16(14)9-11-18-17/h2-9,11,18H,10,12H2,1H3. The van der Waals surface area contributed by atoms with Crippen molar-refractivity contribution in [3.05, 3.63) is 65.9 Å². The average Bonchev–Trinajstić information content (AvgIpc) is 2.94. The van der Waals surface area contributed by atoms with E-state index in [9.17, 15) is 8.42 Å². The average molecular weight is 299 g/mol. The van der Waals surface area contributed by atoms with Crippen molar-refractivity contribution in [1.82, 2.24) is 4.98 Å². The summed E-state index contributed by atoms with van der Waals surface area (Å²) in [6, 6.07) is 15.0. The summed E-state index contributed by atoms with van der Waals surface area (Å²) in [7, 11) is -3.24. The van der Waals surface area contributed by atoms with Gasteiger partial charge in [-0.15, -0.1) is 0 Å². The number of aromatic amines is 1. The fourth-order valence-corrected chi connectivity index (χ4v) is 3.75. The molecule has 1 N–H and O–H groups in total. The summed E-state index contributed by atoms with van der Waals surface area (Å²) in [5, 5.41) is 1.09. The molecule has 3 aromatic rings. The van der Waals surface area contributed by atoms with Gasteiger partial charge in [0.05, 0.1) is 10.6 Å². The second kappa shape index (κ2) is 5.37. The van der Waals surface area contributed by atoms with Crippen molar-refractivity contribution in [1.29, 1.82) is 0 Å². The molecule has 0 unspecified atom stereocenters. The molecule has 4 heteroatoms. The van der Waals surface area contributed by atoms with E-state index in [2.05, 4.69) is 4.98 Å². The molecular weight excluding hydrogens is 282 g/mol. The molecule has 0 aliphatic carbocycles. The van der Waals surface area contributed by atoms with Crippen molar-refractivity contribution in [2.24, 2.45) is 0 Å². The van der Waals surface area contributed by atoms with E-state index in [1.165, 1.54) is 0 Å². The molecule has 3 nitrogen and oxygen atoms in total. The van der Waals surface area contributed by atoms with Crippen LogP contribution < -0.4 is 0 Å². The number of hydrogen-bond acceptors (Lipinski definition) is 2. The Bertz CT molecular complexity index is 861. The highest BCUT2D eigenvalue weighted by atomic mass is 32.2. The van der Waals surface area contributed by atoms with Crippen LogP contribution >= 0.6 is 0 Å². The van der Waals surface area contributed by atoms with E-state index in [0.717, 1.165) is 22.0 Å². The summed E-state index contributed by atoms with van der Waals surface area (Å²) in [6.45, 7) is 1.95. The summed E-state index contributed by atoms with van der Waals surface area (Å²) in [4.78, 5) is 3.54. The molecule has 0 bridgehead atoms. The smallest absolute Gasteiger partial charge is 0.178 e. The lowest BCUT2D eigenvalue weighted by Gasteiger charge is -2.06. The van der Waals surface area contributed by atoms with E-state index in [-0.39, 0.29) is 5.75 Å². The van der Waals surface area contributed by atoms with E-state index >= 15 is 0 Å². The van der Waals surface area contributed by atoms with Crippen LogP contribution in [0.2, 0.25) is 0 Å². The lowest BCUT2D eigenvalue weighted by Crippen LogP contribution is -2.09. The van der Waals surface area contributed by atoms with Crippen molar-refractivity contribution >= 4 is 20.7 Å². The number of aryl methyl sites for hydroxylation is 2. The van der Waals surface area contributed by atoms with Gasteiger partial charge in [0.25, 0.3) is 0 Å². The summed E-state index contributed by atoms with van der Waals surface area (Å²) in [5.41, 5.74) is 3.16. The van der Waals surface area contributed by atoms with Crippen LogP contribution in [0.15, 0.2) is 59.6 Å². The fourth-order valence-electron chi connectivity index (χ4n) is 2.48. The molecule has 0 saturated heterocycles. The number of nitrogens with one attached hydrogen (secondary N) is 1. The zero-order chi connectivity index (χ0) is 14.9. The molecule has 1 heterocycles. The van der Waals surface area contributed by atoms with Crippen LogP contribution in [-0.4, -0.2) is 19.2 Å². The Morgan fingerprint density at radius 1 is 1.00 bits per heavy atom. The van der Waals surface area contributed by atoms with E-state index in [4.69, 9.17) is 0 Å². The van der Waals surface area contributed by atoms with Crippen LogP contribution in [0.5, 0.6) is 0 Å². The molecule has 0 saturated carbocycles. The van der Waals surface area contributed by atoms with Gasteiger partial charge in [-0.3, -0.25) is 0 Å². The maximum atomic E-state index is 12.4. The molecule has 0 aliphatic heterocycles. The zero-order valence-corrected chi connectivity index (χ0v) is 12.7. The third-order valence-corrected chi connectivity index (χ3v) is 5.44. The molecule has 3 rings (SSSR count). The quantitative estimate of drug-likeness (QED) is 0.801. The predicted octanol–water partition coefficient (Wildman–Crippen LogP) is 3.49. The Hall–Kier alpha value is -2.07. The molecule has 2 aromatic carbocycles. The molecule has 21 heavy (non-hydrogen) atoms. The van der Waals surface area contributed by atoms with E-state index in [1.807, 2.05) is 49.5 Å². The summed E-state index contributed by atoms with van der Waals surface area (Å²) < 4.78 is 24.8. The lowest BCUT2D eigenvalue weighted by molar-refractivity contribution is 0.595. The number of aromatic nitrogens is 1. The second-order valence-corrected chi connectivity index (χ2v) is 7.35. The van der Waals surface area contributed by atoms with E-state index in [1.54, 1.807) is 12.1 Å².